The van der Waals surface area contributed by atoms with E-state index in [1.165, 1.54) is 22.9 Å². The lowest BCUT2D eigenvalue weighted by Crippen LogP contribution is -2.24. The first-order valence-corrected chi connectivity index (χ1v) is 14.8. The number of aromatic nitrogens is 4. The fourth-order valence-electron chi connectivity index (χ4n) is 5.28. The normalized spacial score (nSPS) is 18.9. The summed E-state index contributed by atoms with van der Waals surface area (Å²) in [4.78, 5) is 17.1. The molecule has 4 aromatic rings. The standard InChI is InChI=1S/C28H25ClF2N4O3S/c1-14-11-32-26(18-5-4-6-22(24(18)30)39(3,37)38)25(31)27(14)35-15(2)9-21(23(29)28(35)36)20-10-19(20)16-12-33-34(13-16)17-7-8-17/h4-6,9,11-13,17,19-20H,7-8,10H2,1-3H3/t19?,20-/m1/s1. The van der Waals surface area contributed by atoms with Crippen LogP contribution in [0.3, 0.4) is 0 Å². The third-order valence-corrected chi connectivity index (χ3v) is 9.03. The molecule has 0 spiro atoms. The smallest absolute Gasteiger partial charge is 0.274 e. The van der Waals surface area contributed by atoms with Gasteiger partial charge < -0.3 is 0 Å². The predicted octanol–water partition coefficient (Wildman–Crippen LogP) is 5.65. The number of hydrogen-bond acceptors (Lipinski definition) is 5. The first-order chi connectivity index (χ1) is 18.5. The third-order valence-electron chi connectivity index (χ3n) is 7.54. The number of pyridine rings is 2. The van der Waals surface area contributed by atoms with E-state index >= 15 is 8.78 Å². The fraction of sp³-hybridized carbons (Fsp3) is 0.321. The van der Waals surface area contributed by atoms with Gasteiger partial charge in [0, 0.05) is 29.9 Å². The Bertz CT molecular complexity index is 1830. The molecule has 0 bridgehead atoms. The monoisotopic (exact) mass is 570 g/mol. The summed E-state index contributed by atoms with van der Waals surface area (Å²) in [6.07, 6.45) is 9.25. The summed E-state index contributed by atoms with van der Waals surface area (Å²) >= 11 is 6.61. The molecular weight excluding hydrogens is 546 g/mol. The molecule has 2 saturated carbocycles. The van der Waals surface area contributed by atoms with Crippen molar-refractivity contribution < 1.29 is 17.2 Å². The molecule has 39 heavy (non-hydrogen) atoms. The molecule has 2 atom stereocenters. The van der Waals surface area contributed by atoms with Gasteiger partial charge in [-0.2, -0.15) is 5.10 Å². The molecule has 2 fully saturated rings. The van der Waals surface area contributed by atoms with Crippen molar-refractivity contribution in [2.45, 2.75) is 55.9 Å². The quantitative estimate of drug-likeness (QED) is 0.299. The molecule has 0 radical (unpaired) electrons. The molecule has 3 heterocycles. The lowest BCUT2D eigenvalue weighted by Gasteiger charge is -2.18. The van der Waals surface area contributed by atoms with Crippen molar-refractivity contribution in [3.05, 3.63) is 92.3 Å². The van der Waals surface area contributed by atoms with Crippen molar-refractivity contribution in [3.8, 4) is 16.9 Å². The zero-order valence-corrected chi connectivity index (χ0v) is 23.0. The van der Waals surface area contributed by atoms with E-state index in [1.54, 1.807) is 19.9 Å². The maximum absolute atomic E-state index is 16.0. The maximum atomic E-state index is 16.0. The molecule has 3 aromatic heterocycles. The second kappa shape index (κ2) is 9.09. The second-order valence-corrected chi connectivity index (χ2v) is 12.8. The molecule has 6 rings (SSSR count). The number of halogens is 3. The summed E-state index contributed by atoms with van der Waals surface area (Å²) in [6.45, 7) is 3.27. The van der Waals surface area contributed by atoms with E-state index in [1.807, 2.05) is 10.9 Å². The van der Waals surface area contributed by atoms with Crippen LogP contribution in [0, 0.1) is 25.5 Å². The summed E-state index contributed by atoms with van der Waals surface area (Å²) in [5, 5.41) is 4.47. The summed E-state index contributed by atoms with van der Waals surface area (Å²) in [7, 11) is -3.90. The number of nitrogens with zero attached hydrogens (tertiary/aromatic N) is 4. The maximum Gasteiger partial charge on any atom is 0.274 e. The van der Waals surface area contributed by atoms with Crippen LogP contribution in [0.15, 0.2) is 52.5 Å². The van der Waals surface area contributed by atoms with Gasteiger partial charge in [0.1, 0.15) is 15.6 Å². The number of aryl methyl sites for hydroxylation is 2. The Hall–Kier alpha value is -3.37. The molecule has 1 aromatic carbocycles. The molecular formula is C28H25ClF2N4O3S. The van der Waals surface area contributed by atoms with E-state index in [-0.39, 0.29) is 28.1 Å². The lowest BCUT2D eigenvalue weighted by atomic mass is 10.0. The summed E-state index contributed by atoms with van der Waals surface area (Å²) in [5.41, 5.74) is 1.19. The minimum Gasteiger partial charge on any atom is -0.277 e. The van der Waals surface area contributed by atoms with Gasteiger partial charge in [-0.1, -0.05) is 17.7 Å². The highest BCUT2D eigenvalue weighted by Crippen LogP contribution is 2.56. The lowest BCUT2D eigenvalue weighted by molar-refractivity contribution is 0.569. The highest BCUT2D eigenvalue weighted by molar-refractivity contribution is 7.90. The SMILES string of the molecule is Cc1cnc(-c2cccc(S(C)(=O)=O)c2F)c(F)c1-n1c(C)cc([C@@H]2CC2c2cnn(C3CC3)c2)c(Cl)c1=O. The molecule has 0 aliphatic heterocycles. The van der Waals surface area contributed by atoms with Crippen LogP contribution >= 0.6 is 11.6 Å². The summed E-state index contributed by atoms with van der Waals surface area (Å²) < 4.78 is 58.4. The topological polar surface area (TPSA) is 86.8 Å². The van der Waals surface area contributed by atoms with Crippen molar-refractivity contribution in [2.24, 2.45) is 0 Å². The largest absolute Gasteiger partial charge is 0.277 e. The second-order valence-electron chi connectivity index (χ2n) is 10.5. The zero-order chi connectivity index (χ0) is 27.8. The van der Waals surface area contributed by atoms with Crippen LogP contribution in [-0.4, -0.2) is 34.0 Å². The Morgan fingerprint density at radius 1 is 1.08 bits per heavy atom. The highest BCUT2D eigenvalue weighted by Gasteiger charge is 2.43. The average molecular weight is 571 g/mol. The average Bonchev–Trinajstić information content (AvgIpc) is 3.82. The van der Waals surface area contributed by atoms with E-state index < -0.39 is 37.6 Å². The van der Waals surface area contributed by atoms with Crippen LogP contribution in [0.25, 0.3) is 16.9 Å². The van der Waals surface area contributed by atoms with Crippen LogP contribution in [0.5, 0.6) is 0 Å². The van der Waals surface area contributed by atoms with E-state index in [2.05, 4.69) is 16.3 Å². The Morgan fingerprint density at radius 2 is 1.82 bits per heavy atom. The van der Waals surface area contributed by atoms with E-state index in [0.29, 0.717) is 22.9 Å². The van der Waals surface area contributed by atoms with Crippen molar-refractivity contribution >= 4 is 21.4 Å². The highest BCUT2D eigenvalue weighted by atomic mass is 35.5. The Morgan fingerprint density at radius 3 is 2.51 bits per heavy atom. The van der Waals surface area contributed by atoms with Crippen LogP contribution < -0.4 is 5.56 Å². The number of benzene rings is 1. The first kappa shape index (κ1) is 25.9. The van der Waals surface area contributed by atoms with Crippen LogP contribution in [-0.2, 0) is 9.84 Å². The molecule has 7 nitrogen and oxygen atoms in total. The van der Waals surface area contributed by atoms with Gasteiger partial charge in [0.15, 0.2) is 21.5 Å². The molecule has 202 valence electrons. The Balaban J connectivity index is 1.41. The van der Waals surface area contributed by atoms with Gasteiger partial charge in [-0.25, -0.2) is 17.2 Å². The summed E-state index contributed by atoms with van der Waals surface area (Å²) in [6, 6.07) is 5.95. The first-order valence-electron chi connectivity index (χ1n) is 12.6. The molecule has 1 unspecified atom stereocenters. The molecule has 11 heteroatoms. The van der Waals surface area contributed by atoms with Crippen LogP contribution in [0.4, 0.5) is 8.78 Å². The van der Waals surface area contributed by atoms with Gasteiger partial charge in [-0.05, 0) is 79.8 Å². The van der Waals surface area contributed by atoms with Gasteiger partial charge in [-0.3, -0.25) is 19.0 Å². The Labute approximate surface area is 229 Å². The van der Waals surface area contributed by atoms with Crippen molar-refractivity contribution in [2.75, 3.05) is 6.26 Å². The number of rotatable bonds is 6. The van der Waals surface area contributed by atoms with E-state index in [9.17, 15) is 13.2 Å². The minimum atomic E-state index is -3.90. The van der Waals surface area contributed by atoms with Crippen molar-refractivity contribution in [1.82, 2.24) is 19.3 Å². The van der Waals surface area contributed by atoms with Crippen molar-refractivity contribution in [3.63, 3.8) is 0 Å². The van der Waals surface area contributed by atoms with Gasteiger partial charge in [-0.15, -0.1) is 0 Å². The Kier molecular flexibility index (Phi) is 6.03. The predicted molar refractivity (Wildman–Crippen MR) is 143 cm³/mol. The van der Waals surface area contributed by atoms with Crippen LogP contribution in [0.2, 0.25) is 5.02 Å². The molecule has 0 amide bonds. The number of hydrogen-bond donors (Lipinski definition) is 0. The van der Waals surface area contributed by atoms with Gasteiger partial charge in [0.05, 0.1) is 17.9 Å². The minimum absolute atomic E-state index is 0.00472. The number of sulfone groups is 1. The molecule has 2 aliphatic carbocycles. The van der Waals surface area contributed by atoms with Crippen molar-refractivity contribution in [1.29, 1.82) is 0 Å². The van der Waals surface area contributed by atoms with E-state index in [0.717, 1.165) is 37.1 Å². The zero-order valence-electron chi connectivity index (χ0n) is 21.5. The van der Waals surface area contributed by atoms with Gasteiger partial charge in [0.25, 0.3) is 5.56 Å². The van der Waals surface area contributed by atoms with Crippen LogP contribution in [0.1, 0.15) is 59.5 Å². The molecule has 2 aliphatic rings. The van der Waals surface area contributed by atoms with Gasteiger partial charge >= 0.3 is 0 Å². The molecule has 0 N–H and O–H groups in total. The van der Waals surface area contributed by atoms with E-state index in [4.69, 9.17) is 11.6 Å². The summed E-state index contributed by atoms with van der Waals surface area (Å²) in [5.74, 6) is -1.79. The fourth-order valence-corrected chi connectivity index (χ4v) is 6.32. The molecule has 0 saturated heterocycles. The third kappa shape index (κ3) is 4.39. The van der Waals surface area contributed by atoms with Gasteiger partial charge in [0.2, 0.25) is 0 Å².